The molecule has 320 valence electrons. The normalized spacial score (nSPS) is 37.6. The maximum Gasteiger partial charge on any atom is 0.190 e. The summed E-state index contributed by atoms with van der Waals surface area (Å²) in [4.78, 5) is 0. The fourth-order valence-corrected chi connectivity index (χ4v) is 8.33. The number of aliphatic hydroxyl groups is 2. The molecular weight excluding hydrogens is 720 g/mol. The molecule has 6 rings (SSSR count). The zero-order valence-corrected chi connectivity index (χ0v) is 34.3. The summed E-state index contributed by atoms with van der Waals surface area (Å²) in [5.74, 6) is -3.04. The van der Waals surface area contributed by atoms with Crippen molar-refractivity contribution in [3.8, 4) is 0 Å². The SMILES string of the molecule is CC1(C)O[C@H]2[C@@H](O1)[C@@H](COCC(O)CNCCCCCCCCCNCC(O)COC[C@H]1O[C@@H]3OC(C)(C)O[C@@H]3[C@H]3OC(C)(C)O[C@H]31)O[C@@H]1OC(C)(C)O[C@@H]12. The predicted molar refractivity (Wildman–Crippen MR) is 197 cm³/mol. The van der Waals surface area contributed by atoms with Crippen LogP contribution in [-0.2, 0) is 56.8 Å². The van der Waals surface area contributed by atoms with Gasteiger partial charge in [0.25, 0.3) is 0 Å². The monoisotopic (exact) mass is 790 g/mol. The molecule has 0 radical (unpaired) electrons. The van der Waals surface area contributed by atoms with E-state index >= 15 is 0 Å². The van der Waals surface area contributed by atoms with Crippen LogP contribution in [0.1, 0.15) is 100 Å². The molecule has 0 aromatic heterocycles. The number of hydrogen-bond acceptors (Lipinski definition) is 16. The van der Waals surface area contributed by atoms with E-state index in [1.54, 1.807) is 0 Å². The zero-order chi connectivity index (χ0) is 39.4. The summed E-state index contributed by atoms with van der Waals surface area (Å²) in [6.45, 7) is 18.5. The molecule has 2 unspecified atom stereocenters. The maximum atomic E-state index is 10.5. The second-order valence-electron chi connectivity index (χ2n) is 17.7. The standard InChI is InChI=1S/C39H70N2O14/c1-36(2)48-28-26(46-34-32(30(28)50-36)52-38(5,6)54-34)22-44-20-24(42)18-40-16-14-12-10-9-11-13-15-17-41-19-25(43)21-45-23-27-29-31(51-37(3,4)49-29)33-35(47-27)55-39(7,8)53-33/h24-35,40-43H,9-23H2,1-8H3/t24?,25?,26-,27-,28+,29+,30+,31+,32-,33-,34-,35-/m1/s1. The Morgan fingerprint density at radius 3 is 1.18 bits per heavy atom. The second-order valence-corrected chi connectivity index (χ2v) is 17.7. The van der Waals surface area contributed by atoms with Crippen LogP contribution in [0, 0.1) is 0 Å². The average Bonchev–Trinajstić information content (AvgIpc) is 3.80. The molecule has 0 aliphatic carbocycles. The Kier molecular flexibility index (Phi) is 15.0. The third-order valence-corrected chi connectivity index (χ3v) is 10.7. The van der Waals surface area contributed by atoms with Crippen molar-refractivity contribution in [3.63, 3.8) is 0 Å². The molecule has 0 aromatic carbocycles. The smallest absolute Gasteiger partial charge is 0.190 e. The number of unbranched alkanes of at least 4 members (excludes halogenated alkanes) is 6. The summed E-state index contributed by atoms with van der Waals surface area (Å²) in [7, 11) is 0. The number of aliphatic hydroxyl groups excluding tert-OH is 2. The van der Waals surface area contributed by atoms with E-state index in [-0.39, 0.29) is 63.1 Å². The van der Waals surface area contributed by atoms with Gasteiger partial charge in [-0.3, -0.25) is 0 Å². The van der Waals surface area contributed by atoms with Gasteiger partial charge in [0.1, 0.15) is 48.8 Å². The van der Waals surface area contributed by atoms with Gasteiger partial charge in [0.15, 0.2) is 35.7 Å². The molecule has 16 nitrogen and oxygen atoms in total. The summed E-state index contributed by atoms with van der Waals surface area (Å²) < 4.78 is 72.6. The first-order valence-corrected chi connectivity index (χ1v) is 20.7. The van der Waals surface area contributed by atoms with Crippen LogP contribution in [-0.4, -0.2) is 160 Å². The number of ether oxygens (including phenoxy) is 12. The molecule has 0 spiro atoms. The van der Waals surface area contributed by atoms with E-state index in [2.05, 4.69) is 10.6 Å². The van der Waals surface area contributed by atoms with Gasteiger partial charge in [-0.25, -0.2) is 0 Å². The molecule has 6 aliphatic rings. The Hall–Kier alpha value is -0.640. The minimum atomic E-state index is -0.764. The second kappa shape index (κ2) is 18.7. The third kappa shape index (κ3) is 12.2. The van der Waals surface area contributed by atoms with Gasteiger partial charge in [0, 0.05) is 13.1 Å². The maximum absolute atomic E-state index is 10.5. The highest BCUT2D eigenvalue weighted by atomic mass is 16.9. The first-order valence-electron chi connectivity index (χ1n) is 20.7. The van der Waals surface area contributed by atoms with Crippen LogP contribution in [0.25, 0.3) is 0 Å². The molecule has 16 heteroatoms. The largest absolute Gasteiger partial charge is 0.389 e. The molecule has 0 bridgehead atoms. The summed E-state index contributed by atoms with van der Waals surface area (Å²) in [5.41, 5.74) is 0. The van der Waals surface area contributed by atoms with Gasteiger partial charge < -0.3 is 77.7 Å². The number of fused-ring (bicyclic) bond motifs is 6. The fraction of sp³-hybridized carbons (Fsp3) is 1.00. The van der Waals surface area contributed by atoms with Gasteiger partial charge in [-0.05, 0) is 81.3 Å². The first-order chi connectivity index (χ1) is 26.0. The van der Waals surface area contributed by atoms with Crippen LogP contribution in [0.3, 0.4) is 0 Å². The first kappa shape index (κ1) is 43.9. The highest BCUT2D eigenvalue weighted by molar-refractivity contribution is 5.01. The lowest BCUT2D eigenvalue weighted by molar-refractivity contribution is -0.244. The van der Waals surface area contributed by atoms with Gasteiger partial charge in [0.05, 0.1) is 38.6 Å². The lowest BCUT2D eigenvalue weighted by atomic mass is 9.99. The molecule has 4 N–H and O–H groups in total. The molecule has 0 aromatic rings. The predicted octanol–water partition coefficient (Wildman–Crippen LogP) is 2.44. The molecule has 12 atom stereocenters. The van der Waals surface area contributed by atoms with Gasteiger partial charge >= 0.3 is 0 Å². The van der Waals surface area contributed by atoms with Gasteiger partial charge in [0.2, 0.25) is 0 Å². The molecule has 6 aliphatic heterocycles. The number of nitrogens with one attached hydrogen (secondary N) is 2. The summed E-state index contributed by atoms with van der Waals surface area (Å²) >= 11 is 0. The van der Waals surface area contributed by atoms with Crippen molar-refractivity contribution >= 4 is 0 Å². The Morgan fingerprint density at radius 2 is 0.782 bits per heavy atom. The Morgan fingerprint density at radius 1 is 0.455 bits per heavy atom. The van der Waals surface area contributed by atoms with Crippen molar-refractivity contribution in [2.45, 2.75) is 197 Å². The molecule has 6 heterocycles. The lowest BCUT2D eigenvalue weighted by Gasteiger charge is -2.37. The van der Waals surface area contributed by atoms with Crippen molar-refractivity contribution in [2.24, 2.45) is 0 Å². The minimum Gasteiger partial charge on any atom is -0.389 e. The van der Waals surface area contributed by atoms with E-state index < -0.39 is 60.1 Å². The van der Waals surface area contributed by atoms with E-state index in [0.29, 0.717) is 13.1 Å². The van der Waals surface area contributed by atoms with Crippen LogP contribution in [0.15, 0.2) is 0 Å². The molecule has 6 saturated heterocycles. The lowest BCUT2D eigenvalue weighted by Crippen LogP contribution is -2.56. The van der Waals surface area contributed by atoms with Crippen LogP contribution in [0.5, 0.6) is 0 Å². The van der Waals surface area contributed by atoms with Gasteiger partial charge in [-0.15, -0.1) is 0 Å². The molecule has 0 amide bonds. The average molecular weight is 791 g/mol. The Labute approximate surface area is 327 Å². The van der Waals surface area contributed by atoms with Gasteiger partial charge in [-0.2, -0.15) is 0 Å². The number of rotatable bonds is 22. The van der Waals surface area contributed by atoms with E-state index in [9.17, 15) is 10.2 Å². The van der Waals surface area contributed by atoms with Crippen LogP contribution >= 0.6 is 0 Å². The number of hydrogen-bond donors (Lipinski definition) is 4. The van der Waals surface area contributed by atoms with E-state index in [1.165, 1.54) is 19.3 Å². The molecule has 0 saturated carbocycles. The highest BCUT2D eigenvalue weighted by Gasteiger charge is 2.62. The van der Waals surface area contributed by atoms with Crippen molar-refractivity contribution < 1.29 is 67.1 Å². The zero-order valence-electron chi connectivity index (χ0n) is 34.3. The summed E-state index contributed by atoms with van der Waals surface area (Å²) in [5, 5.41) is 27.6. The van der Waals surface area contributed by atoms with E-state index in [4.69, 9.17) is 56.8 Å². The van der Waals surface area contributed by atoms with Crippen molar-refractivity contribution in [2.75, 3.05) is 52.6 Å². The van der Waals surface area contributed by atoms with Crippen LogP contribution in [0.2, 0.25) is 0 Å². The summed E-state index contributed by atoms with van der Waals surface area (Å²) in [6.07, 6.45) is 2.81. The van der Waals surface area contributed by atoms with Crippen LogP contribution < -0.4 is 10.6 Å². The van der Waals surface area contributed by atoms with Gasteiger partial charge in [-0.1, -0.05) is 32.1 Å². The van der Waals surface area contributed by atoms with Crippen molar-refractivity contribution in [1.82, 2.24) is 10.6 Å². The Bertz CT molecular complexity index is 1110. The van der Waals surface area contributed by atoms with Crippen LogP contribution in [0.4, 0.5) is 0 Å². The van der Waals surface area contributed by atoms with Crippen molar-refractivity contribution in [1.29, 1.82) is 0 Å². The Balaban J connectivity index is 0.722. The third-order valence-electron chi connectivity index (χ3n) is 10.7. The fourth-order valence-electron chi connectivity index (χ4n) is 8.33. The summed E-state index contributed by atoms with van der Waals surface area (Å²) in [6, 6.07) is 0. The molecular formula is C39H70N2O14. The quantitative estimate of drug-likeness (QED) is 0.118. The topological polar surface area (TPSA) is 175 Å². The molecule has 6 fully saturated rings. The molecule has 55 heavy (non-hydrogen) atoms. The van der Waals surface area contributed by atoms with E-state index in [1.807, 2.05) is 55.4 Å². The highest BCUT2D eigenvalue weighted by Crippen LogP contribution is 2.45. The van der Waals surface area contributed by atoms with Crippen molar-refractivity contribution in [3.05, 3.63) is 0 Å². The minimum absolute atomic E-state index is 0.195. The van der Waals surface area contributed by atoms with E-state index in [0.717, 1.165) is 38.8 Å².